The average molecular weight is 562 g/mol. The molecule has 0 bridgehead atoms. The lowest BCUT2D eigenvalue weighted by Crippen LogP contribution is -2.71. The van der Waals surface area contributed by atoms with Crippen LogP contribution in [0.25, 0.3) is 0 Å². The molecule has 0 spiro atoms. The molecule has 0 unspecified atom stereocenters. The molecule has 12 heteroatoms. The number of amides is 2. The van der Waals surface area contributed by atoms with E-state index in [9.17, 15) is 19.6 Å². The van der Waals surface area contributed by atoms with Crippen molar-refractivity contribution in [1.82, 2.24) is 15.2 Å². The fraction of sp³-hybridized carbons (Fsp3) is 0.148. The highest BCUT2D eigenvalue weighted by molar-refractivity contribution is 8.00. The van der Waals surface area contributed by atoms with Gasteiger partial charge in [-0.3, -0.25) is 14.5 Å². The molecule has 198 valence electrons. The molecule has 0 aliphatic carbocycles. The average Bonchev–Trinajstić information content (AvgIpc) is 3.40. The molecule has 39 heavy (non-hydrogen) atoms. The third-order valence-electron chi connectivity index (χ3n) is 6.23. The third-order valence-corrected chi connectivity index (χ3v) is 8.21. The van der Waals surface area contributed by atoms with E-state index in [1.807, 2.05) is 60.7 Å². The van der Waals surface area contributed by atoms with Crippen molar-refractivity contribution in [1.29, 1.82) is 0 Å². The Kier molecular flexibility index (Phi) is 7.48. The number of carbonyl (C=O) groups is 3. The van der Waals surface area contributed by atoms with Gasteiger partial charge in [0.2, 0.25) is 0 Å². The van der Waals surface area contributed by atoms with Crippen molar-refractivity contribution in [3.63, 3.8) is 0 Å². The van der Waals surface area contributed by atoms with E-state index in [1.54, 1.807) is 0 Å². The zero-order valence-electron chi connectivity index (χ0n) is 20.4. The van der Waals surface area contributed by atoms with Crippen molar-refractivity contribution in [3.05, 3.63) is 107 Å². The quantitative estimate of drug-likeness (QED) is 0.125. The summed E-state index contributed by atoms with van der Waals surface area (Å²) in [5.74, 6) is -1.60. The van der Waals surface area contributed by atoms with Crippen molar-refractivity contribution in [2.45, 2.75) is 17.5 Å². The predicted octanol–water partition coefficient (Wildman–Crippen LogP) is 3.08. The number of oxime groups is 1. The molecule has 2 aliphatic heterocycles. The first-order chi connectivity index (χ1) is 18.9. The first kappa shape index (κ1) is 26.2. The fourth-order valence-corrected chi connectivity index (χ4v) is 6.24. The number of nitrogen functional groups attached to an aromatic ring is 1. The van der Waals surface area contributed by atoms with Gasteiger partial charge in [-0.15, -0.1) is 23.1 Å². The Balaban J connectivity index is 1.37. The van der Waals surface area contributed by atoms with E-state index in [4.69, 9.17) is 10.5 Å². The second-order valence-corrected chi connectivity index (χ2v) is 10.6. The second-order valence-electron chi connectivity index (χ2n) is 8.57. The van der Waals surface area contributed by atoms with Crippen LogP contribution in [0.2, 0.25) is 0 Å². The number of carbonyl (C=O) groups excluding carboxylic acids is 3. The van der Waals surface area contributed by atoms with E-state index < -0.39 is 35.3 Å². The number of nitrogens with two attached hydrogens (primary N) is 1. The Morgan fingerprint density at radius 3 is 2.36 bits per heavy atom. The summed E-state index contributed by atoms with van der Waals surface area (Å²) < 4.78 is 6.02. The Morgan fingerprint density at radius 1 is 1.18 bits per heavy atom. The molecule has 2 atom stereocenters. The van der Waals surface area contributed by atoms with Crippen molar-refractivity contribution in [2.24, 2.45) is 5.16 Å². The van der Waals surface area contributed by atoms with E-state index in [1.165, 1.54) is 28.1 Å². The van der Waals surface area contributed by atoms with Crippen LogP contribution in [0, 0.1) is 0 Å². The maximum atomic E-state index is 13.6. The van der Waals surface area contributed by atoms with Gasteiger partial charge in [0.05, 0.1) is 0 Å². The Morgan fingerprint density at radius 2 is 1.82 bits per heavy atom. The normalized spacial score (nSPS) is 18.8. The van der Waals surface area contributed by atoms with Gasteiger partial charge in [-0.05, 0) is 16.7 Å². The number of benzene rings is 2. The van der Waals surface area contributed by atoms with Gasteiger partial charge in [-0.25, -0.2) is 9.78 Å². The number of ether oxygens (including phenoxy) is 1. The number of thioether (sulfide) groups is 1. The van der Waals surface area contributed by atoms with Gasteiger partial charge in [0.25, 0.3) is 11.8 Å². The number of anilines is 1. The maximum absolute atomic E-state index is 13.6. The van der Waals surface area contributed by atoms with Crippen molar-refractivity contribution in [3.8, 4) is 0 Å². The van der Waals surface area contributed by atoms with Gasteiger partial charge in [0, 0.05) is 11.1 Å². The maximum Gasteiger partial charge on any atom is 0.356 e. The van der Waals surface area contributed by atoms with Crippen LogP contribution in [-0.4, -0.2) is 55.8 Å². The summed E-state index contributed by atoms with van der Waals surface area (Å²) in [6, 6.07) is 17.7. The monoisotopic (exact) mass is 561 g/mol. The first-order valence-electron chi connectivity index (χ1n) is 11.8. The van der Waals surface area contributed by atoms with Crippen molar-refractivity contribution in [2.75, 3.05) is 11.5 Å². The minimum Gasteiger partial charge on any atom is -0.448 e. The van der Waals surface area contributed by atoms with E-state index in [-0.39, 0.29) is 22.2 Å². The van der Waals surface area contributed by atoms with Crippen molar-refractivity contribution < 1.29 is 24.3 Å². The standard InChI is InChI=1S/C27H23N5O5S2/c1-2-15-13-38-25-20(30-23(33)19(31-36)18-14-39-27(28)29-18)24(34)32(25)21(15)26(35)37-22(16-9-5-3-6-10-16)17-11-7-4-8-12-17/h2-12,14,20,22,25,36H,1,13H2,(H2,28,29)(H,30,33)/b31-19-/t20-,25-/m1/s1. The largest absolute Gasteiger partial charge is 0.448 e. The SMILES string of the molecule is C=CC1=C(C(=O)OC(c2ccccc2)c2ccccc2)N2C(=O)[C@@H](NC(=O)/C(=N\O)c3csc(N)n3)[C@H]2SC1. The lowest BCUT2D eigenvalue weighted by molar-refractivity contribution is -0.154. The highest BCUT2D eigenvalue weighted by atomic mass is 32.2. The number of aromatic nitrogens is 1. The summed E-state index contributed by atoms with van der Waals surface area (Å²) in [4.78, 5) is 45.0. The first-order valence-corrected chi connectivity index (χ1v) is 13.7. The van der Waals surface area contributed by atoms with Gasteiger partial charge in [0.15, 0.2) is 16.9 Å². The summed E-state index contributed by atoms with van der Waals surface area (Å²) in [5.41, 5.74) is 7.52. The summed E-state index contributed by atoms with van der Waals surface area (Å²) in [5, 5.41) is 16.1. The Labute approximate surface area is 231 Å². The van der Waals surface area contributed by atoms with Gasteiger partial charge in [-0.2, -0.15) is 0 Å². The smallest absolute Gasteiger partial charge is 0.356 e. The molecule has 3 heterocycles. The summed E-state index contributed by atoms with van der Waals surface area (Å²) in [7, 11) is 0. The van der Waals surface area contributed by atoms with E-state index in [0.717, 1.165) is 22.5 Å². The van der Waals surface area contributed by atoms with Crippen LogP contribution in [0.15, 0.2) is 95.1 Å². The molecule has 4 N–H and O–H groups in total. The number of rotatable bonds is 8. The zero-order valence-corrected chi connectivity index (χ0v) is 22.0. The number of nitrogens with one attached hydrogen (secondary N) is 1. The van der Waals surface area contributed by atoms with Crippen LogP contribution in [-0.2, 0) is 19.1 Å². The van der Waals surface area contributed by atoms with Crippen LogP contribution < -0.4 is 11.1 Å². The molecular weight excluding hydrogens is 538 g/mol. The lowest BCUT2D eigenvalue weighted by atomic mass is 10.0. The highest BCUT2D eigenvalue weighted by Crippen LogP contribution is 2.42. The molecule has 10 nitrogen and oxygen atoms in total. The fourth-order valence-electron chi connectivity index (χ4n) is 4.35. The minimum absolute atomic E-state index is 0.0865. The van der Waals surface area contributed by atoms with Crippen LogP contribution in [0.5, 0.6) is 0 Å². The molecule has 1 fully saturated rings. The number of hydrogen-bond donors (Lipinski definition) is 3. The summed E-state index contributed by atoms with van der Waals surface area (Å²) in [6.07, 6.45) is 0.828. The number of β-lactam (4-membered cyclic amide) rings is 1. The van der Waals surface area contributed by atoms with Gasteiger partial charge >= 0.3 is 5.97 Å². The predicted molar refractivity (Wildman–Crippen MR) is 148 cm³/mol. The Bertz CT molecular complexity index is 1450. The van der Waals surface area contributed by atoms with Crippen LogP contribution in [0.1, 0.15) is 22.9 Å². The topological polar surface area (TPSA) is 147 Å². The number of hydrogen-bond acceptors (Lipinski definition) is 10. The molecule has 2 amide bonds. The number of nitrogens with zero attached hydrogens (tertiary/aromatic N) is 3. The van der Waals surface area contributed by atoms with E-state index in [0.29, 0.717) is 11.3 Å². The summed E-state index contributed by atoms with van der Waals surface area (Å²) >= 11 is 2.45. The lowest BCUT2D eigenvalue weighted by Gasteiger charge is -2.49. The van der Waals surface area contributed by atoms with E-state index in [2.05, 4.69) is 22.0 Å². The van der Waals surface area contributed by atoms with Gasteiger partial charge < -0.3 is 21.0 Å². The highest BCUT2D eigenvalue weighted by Gasteiger charge is 2.54. The zero-order chi connectivity index (χ0) is 27.5. The second kappa shape index (κ2) is 11.1. The molecule has 1 saturated heterocycles. The Hall–Kier alpha value is -4.42. The molecule has 2 aromatic carbocycles. The molecule has 0 radical (unpaired) electrons. The summed E-state index contributed by atoms with van der Waals surface area (Å²) in [6.45, 7) is 3.81. The molecule has 1 aromatic heterocycles. The number of fused-ring (bicyclic) bond motifs is 1. The van der Waals surface area contributed by atoms with E-state index >= 15 is 0 Å². The third kappa shape index (κ3) is 5.03. The molecule has 0 saturated carbocycles. The molecule has 3 aromatic rings. The number of allylic oxidation sites excluding steroid dienone is 1. The van der Waals surface area contributed by atoms with Crippen molar-refractivity contribution >= 4 is 51.7 Å². The molecular formula is C27H23N5O5S2. The number of thiazole rings is 1. The number of esters is 1. The van der Waals surface area contributed by atoms with Crippen LogP contribution in [0.3, 0.4) is 0 Å². The van der Waals surface area contributed by atoms with Gasteiger partial charge in [0.1, 0.15) is 22.8 Å². The minimum atomic E-state index is -0.955. The van der Waals surface area contributed by atoms with Crippen LogP contribution in [0.4, 0.5) is 5.13 Å². The molecule has 5 rings (SSSR count). The van der Waals surface area contributed by atoms with Crippen LogP contribution >= 0.6 is 23.1 Å². The molecule has 2 aliphatic rings. The van der Waals surface area contributed by atoms with Gasteiger partial charge in [-0.1, -0.05) is 78.5 Å².